The molecule has 0 atom stereocenters. The van der Waals surface area contributed by atoms with Crippen LogP contribution in [-0.4, -0.2) is 21.5 Å². The largest absolute Gasteiger partial charge is 0.394 e. The van der Waals surface area contributed by atoms with Gasteiger partial charge in [-0.1, -0.05) is 0 Å². The quantitative estimate of drug-likeness (QED) is 0.828. The maximum absolute atomic E-state index is 8.82. The summed E-state index contributed by atoms with van der Waals surface area (Å²) in [5, 5.41) is 15.2. The van der Waals surface area contributed by atoms with Crippen LogP contribution < -0.4 is 5.73 Å². The van der Waals surface area contributed by atoms with E-state index in [0.29, 0.717) is 12.4 Å². The summed E-state index contributed by atoms with van der Waals surface area (Å²) < 4.78 is 1.62. The van der Waals surface area contributed by atoms with Crippen LogP contribution in [0.1, 0.15) is 5.56 Å². The van der Waals surface area contributed by atoms with Crippen molar-refractivity contribution in [2.75, 3.05) is 12.3 Å². The average molecular weight is 223 g/mol. The van der Waals surface area contributed by atoms with Crippen LogP contribution in [0.2, 0.25) is 0 Å². The molecular formula is C10H13N3OS. The Morgan fingerprint density at radius 2 is 2.40 bits per heavy atom. The van der Waals surface area contributed by atoms with Crippen molar-refractivity contribution >= 4 is 17.2 Å². The van der Waals surface area contributed by atoms with E-state index in [2.05, 4.69) is 11.2 Å². The van der Waals surface area contributed by atoms with E-state index in [0.717, 1.165) is 10.6 Å². The van der Waals surface area contributed by atoms with Gasteiger partial charge in [-0.3, -0.25) is 0 Å². The molecule has 0 aliphatic heterocycles. The number of aliphatic hydroxyl groups excluding tert-OH is 1. The van der Waals surface area contributed by atoms with Crippen LogP contribution in [0.3, 0.4) is 0 Å². The van der Waals surface area contributed by atoms with Crippen LogP contribution in [0.15, 0.2) is 17.5 Å². The molecule has 0 aliphatic carbocycles. The van der Waals surface area contributed by atoms with E-state index in [1.807, 2.05) is 18.4 Å². The van der Waals surface area contributed by atoms with E-state index in [4.69, 9.17) is 10.8 Å². The van der Waals surface area contributed by atoms with Crippen molar-refractivity contribution in [1.82, 2.24) is 9.78 Å². The second-order valence-electron chi connectivity index (χ2n) is 3.33. The lowest BCUT2D eigenvalue weighted by molar-refractivity contribution is 0.270. The molecule has 0 fully saturated rings. The second-order valence-corrected chi connectivity index (χ2v) is 4.25. The molecule has 0 unspecified atom stereocenters. The lowest BCUT2D eigenvalue weighted by Gasteiger charge is -1.98. The first-order valence-corrected chi connectivity index (χ1v) is 5.59. The van der Waals surface area contributed by atoms with Gasteiger partial charge in [-0.05, 0) is 23.9 Å². The van der Waals surface area contributed by atoms with Gasteiger partial charge in [0.25, 0.3) is 0 Å². The maximum atomic E-state index is 8.82. The molecule has 0 bridgehead atoms. The summed E-state index contributed by atoms with van der Waals surface area (Å²) in [5.41, 5.74) is 7.86. The SMILES string of the molecule is Cc1ccsc1-c1cc(N)n(CCO)n1. The number of nitrogens with two attached hydrogens (primary N) is 1. The number of thiophene rings is 1. The molecule has 3 N–H and O–H groups in total. The molecule has 5 heteroatoms. The van der Waals surface area contributed by atoms with Gasteiger partial charge in [0.15, 0.2) is 0 Å². The highest BCUT2D eigenvalue weighted by atomic mass is 32.1. The summed E-state index contributed by atoms with van der Waals surface area (Å²) in [6.45, 7) is 2.54. The summed E-state index contributed by atoms with van der Waals surface area (Å²) in [5.74, 6) is 0.590. The first-order valence-electron chi connectivity index (χ1n) is 4.71. The standard InChI is InChI=1S/C10H13N3OS/c1-7-2-5-15-10(7)8-6-9(11)13(12-8)3-4-14/h2,5-6,14H,3-4,11H2,1H3. The highest BCUT2D eigenvalue weighted by Gasteiger charge is 2.09. The fourth-order valence-electron chi connectivity index (χ4n) is 1.45. The monoisotopic (exact) mass is 223 g/mol. The van der Waals surface area contributed by atoms with Gasteiger partial charge in [-0.25, -0.2) is 4.68 Å². The molecule has 2 rings (SSSR count). The van der Waals surface area contributed by atoms with Crippen LogP contribution in [0.25, 0.3) is 10.6 Å². The predicted octanol–water partition coefficient (Wildman–Crippen LogP) is 1.49. The Kier molecular flexibility index (Phi) is 2.75. The van der Waals surface area contributed by atoms with Crippen molar-refractivity contribution in [3.8, 4) is 10.6 Å². The second kappa shape index (κ2) is 4.04. The minimum absolute atomic E-state index is 0.0503. The van der Waals surface area contributed by atoms with E-state index < -0.39 is 0 Å². The molecular weight excluding hydrogens is 210 g/mol. The number of hydrogen-bond acceptors (Lipinski definition) is 4. The number of hydrogen-bond donors (Lipinski definition) is 2. The summed E-state index contributed by atoms with van der Waals surface area (Å²) >= 11 is 1.65. The third-order valence-corrected chi connectivity index (χ3v) is 3.26. The topological polar surface area (TPSA) is 64.1 Å². The van der Waals surface area contributed by atoms with Crippen LogP contribution in [0, 0.1) is 6.92 Å². The molecule has 80 valence electrons. The number of nitrogen functional groups attached to an aromatic ring is 1. The predicted molar refractivity (Wildman–Crippen MR) is 61.8 cm³/mol. The zero-order valence-electron chi connectivity index (χ0n) is 8.47. The molecule has 2 aromatic heterocycles. The lowest BCUT2D eigenvalue weighted by Crippen LogP contribution is -2.07. The average Bonchev–Trinajstić information content (AvgIpc) is 2.75. The summed E-state index contributed by atoms with van der Waals surface area (Å²) in [6, 6.07) is 3.90. The Morgan fingerprint density at radius 1 is 1.60 bits per heavy atom. The zero-order chi connectivity index (χ0) is 10.8. The van der Waals surface area contributed by atoms with Crippen LogP contribution in [-0.2, 0) is 6.54 Å². The van der Waals surface area contributed by atoms with Crippen LogP contribution >= 0.6 is 11.3 Å². The summed E-state index contributed by atoms with van der Waals surface area (Å²) in [6.07, 6.45) is 0. The van der Waals surface area contributed by atoms with Crippen molar-refractivity contribution in [3.05, 3.63) is 23.1 Å². The Hall–Kier alpha value is -1.33. The fourth-order valence-corrected chi connectivity index (χ4v) is 2.33. The highest BCUT2D eigenvalue weighted by Crippen LogP contribution is 2.28. The van der Waals surface area contributed by atoms with Gasteiger partial charge in [0, 0.05) is 6.07 Å². The van der Waals surface area contributed by atoms with E-state index >= 15 is 0 Å². The first-order chi connectivity index (χ1) is 7.22. The first kappa shape index (κ1) is 10.2. The molecule has 0 amide bonds. The molecule has 0 aliphatic rings. The Morgan fingerprint density at radius 3 is 3.00 bits per heavy atom. The van der Waals surface area contributed by atoms with Crippen molar-refractivity contribution in [2.24, 2.45) is 0 Å². The summed E-state index contributed by atoms with van der Waals surface area (Å²) in [4.78, 5) is 1.14. The number of nitrogens with zero attached hydrogens (tertiary/aromatic N) is 2. The number of aromatic nitrogens is 2. The molecule has 4 nitrogen and oxygen atoms in total. The van der Waals surface area contributed by atoms with Gasteiger partial charge >= 0.3 is 0 Å². The molecule has 2 aromatic rings. The van der Waals surface area contributed by atoms with Crippen molar-refractivity contribution in [2.45, 2.75) is 13.5 Å². The number of aliphatic hydroxyl groups is 1. The number of anilines is 1. The normalized spacial score (nSPS) is 10.8. The van der Waals surface area contributed by atoms with E-state index in [1.165, 1.54) is 5.56 Å². The minimum Gasteiger partial charge on any atom is -0.394 e. The van der Waals surface area contributed by atoms with Crippen molar-refractivity contribution in [1.29, 1.82) is 0 Å². The van der Waals surface area contributed by atoms with Crippen molar-refractivity contribution in [3.63, 3.8) is 0 Å². The molecule has 0 radical (unpaired) electrons. The third-order valence-electron chi connectivity index (χ3n) is 2.22. The van der Waals surface area contributed by atoms with E-state index in [9.17, 15) is 0 Å². The van der Waals surface area contributed by atoms with Gasteiger partial charge in [-0.15, -0.1) is 11.3 Å². The van der Waals surface area contributed by atoms with Gasteiger partial charge in [-0.2, -0.15) is 5.10 Å². The Bertz CT molecular complexity index is 461. The fraction of sp³-hybridized carbons (Fsp3) is 0.300. The third kappa shape index (κ3) is 1.88. The van der Waals surface area contributed by atoms with Crippen LogP contribution in [0.5, 0.6) is 0 Å². The number of rotatable bonds is 3. The highest BCUT2D eigenvalue weighted by molar-refractivity contribution is 7.13. The van der Waals surface area contributed by atoms with Gasteiger partial charge in [0.2, 0.25) is 0 Å². The van der Waals surface area contributed by atoms with Gasteiger partial charge in [0.1, 0.15) is 11.5 Å². The smallest absolute Gasteiger partial charge is 0.122 e. The van der Waals surface area contributed by atoms with Crippen LogP contribution in [0.4, 0.5) is 5.82 Å². The number of aryl methyl sites for hydroxylation is 1. The van der Waals surface area contributed by atoms with Gasteiger partial charge < -0.3 is 10.8 Å². The lowest BCUT2D eigenvalue weighted by atomic mass is 10.2. The molecule has 0 saturated heterocycles. The van der Waals surface area contributed by atoms with E-state index in [1.54, 1.807) is 16.0 Å². The molecule has 2 heterocycles. The molecule has 15 heavy (non-hydrogen) atoms. The van der Waals surface area contributed by atoms with E-state index in [-0.39, 0.29) is 6.61 Å². The Balaban J connectivity index is 2.38. The molecule has 0 spiro atoms. The zero-order valence-corrected chi connectivity index (χ0v) is 9.29. The molecule has 0 saturated carbocycles. The molecule has 0 aromatic carbocycles. The maximum Gasteiger partial charge on any atom is 0.122 e. The Labute approximate surface area is 92.0 Å². The van der Waals surface area contributed by atoms with Crippen molar-refractivity contribution < 1.29 is 5.11 Å². The minimum atomic E-state index is 0.0503. The van der Waals surface area contributed by atoms with Gasteiger partial charge in [0.05, 0.1) is 18.0 Å². The summed E-state index contributed by atoms with van der Waals surface area (Å²) in [7, 11) is 0.